The van der Waals surface area contributed by atoms with Gasteiger partial charge in [0, 0.05) is 50.1 Å². The molecule has 0 spiro atoms. The van der Waals surface area contributed by atoms with Crippen LogP contribution in [0.4, 0.5) is 15.9 Å². The first-order valence-electron chi connectivity index (χ1n) is 16.2. The lowest BCUT2D eigenvalue weighted by atomic mass is 9.82. The summed E-state index contributed by atoms with van der Waals surface area (Å²) in [6.07, 6.45) is 8.20. The summed E-state index contributed by atoms with van der Waals surface area (Å²) in [5, 5.41) is 11.5. The minimum Gasteiger partial charge on any atom is -0.340 e. The molecule has 0 bridgehead atoms. The van der Waals surface area contributed by atoms with E-state index in [1.807, 2.05) is 14.0 Å². The number of nitrogens with zero attached hydrogens (tertiary/aromatic N) is 6. The second-order valence-electron chi connectivity index (χ2n) is 12.4. The molecular formula is C33H43FN8O4S. The van der Waals surface area contributed by atoms with Gasteiger partial charge >= 0.3 is 0 Å². The molecule has 2 aliphatic rings. The summed E-state index contributed by atoms with van der Waals surface area (Å²) >= 11 is 1.14. The maximum Gasteiger partial charge on any atom is 0.254 e. The van der Waals surface area contributed by atoms with Crippen LogP contribution >= 0.6 is 11.5 Å². The summed E-state index contributed by atoms with van der Waals surface area (Å²) in [6, 6.07) is 4.32. The van der Waals surface area contributed by atoms with Gasteiger partial charge in [0.1, 0.15) is 23.7 Å². The first-order valence-corrected chi connectivity index (χ1v) is 17.1. The average molecular weight is 667 g/mol. The zero-order chi connectivity index (χ0) is 33.5. The smallest absolute Gasteiger partial charge is 0.254 e. The zero-order valence-corrected chi connectivity index (χ0v) is 27.9. The predicted molar refractivity (Wildman–Crippen MR) is 178 cm³/mol. The second kappa shape index (κ2) is 15.6. The Bertz CT molecular complexity index is 1530. The van der Waals surface area contributed by atoms with Crippen LogP contribution < -0.4 is 15.5 Å². The van der Waals surface area contributed by atoms with Crippen molar-refractivity contribution < 1.29 is 23.6 Å². The lowest BCUT2D eigenvalue weighted by Gasteiger charge is -2.36. The molecule has 2 fully saturated rings. The minimum absolute atomic E-state index is 0.0306. The topological polar surface area (TPSA) is 133 Å². The third-order valence-electron chi connectivity index (χ3n) is 9.38. The van der Waals surface area contributed by atoms with Crippen molar-refractivity contribution in [2.24, 2.45) is 5.92 Å². The van der Waals surface area contributed by atoms with Crippen molar-refractivity contribution >= 4 is 47.2 Å². The fraction of sp³-hybridized carbons (Fsp3) is 0.515. The van der Waals surface area contributed by atoms with Gasteiger partial charge in [-0.1, -0.05) is 32.3 Å². The molecule has 1 saturated carbocycles. The highest BCUT2D eigenvalue weighted by atomic mass is 32.1. The summed E-state index contributed by atoms with van der Waals surface area (Å²) < 4.78 is 21.4. The van der Waals surface area contributed by atoms with Crippen LogP contribution in [0.25, 0.3) is 0 Å². The van der Waals surface area contributed by atoms with Gasteiger partial charge in [-0.2, -0.15) is 5.10 Å². The zero-order valence-electron chi connectivity index (χ0n) is 27.1. The van der Waals surface area contributed by atoms with Crippen LogP contribution in [0.3, 0.4) is 0 Å². The van der Waals surface area contributed by atoms with Crippen molar-refractivity contribution in [1.29, 1.82) is 0 Å². The van der Waals surface area contributed by atoms with Gasteiger partial charge in [-0.15, -0.1) is 0 Å². The van der Waals surface area contributed by atoms with Gasteiger partial charge in [0.15, 0.2) is 0 Å². The average Bonchev–Trinajstić information content (AvgIpc) is 3.80. The lowest BCUT2D eigenvalue weighted by molar-refractivity contribution is -0.135. The molecule has 1 saturated heterocycles. The molecule has 1 aromatic carbocycles. The lowest BCUT2D eigenvalue weighted by Crippen LogP contribution is -2.55. The molecule has 3 aromatic rings. The van der Waals surface area contributed by atoms with Gasteiger partial charge in [-0.3, -0.25) is 24.1 Å². The number of rotatable bonds is 12. The molecule has 3 heterocycles. The third-order valence-corrected chi connectivity index (χ3v) is 9.96. The quantitative estimate of drug-likeness (QED) is 0.282. The number of halogens is 1. The SMILES string of the molecule is CCn1nccc1N(C=O)[C@H](C(=O)Nc1ccc([C@H](C)[C@@H](NC(=O)c2cnsc2)C(=O)N2CCN(C)CC2)cc1F)C1CCCCC1. The van der Waals surface area contributed by atoms with Gasteiger partial charge in [-0.25, -0.2) is 13.4 Å². The van der Waals surface area contributed by atoms with Crippen LogP contribution in [0, 0.1) is 11.7 Å². The van der Waals surface area contributed by atoms with E-state index in [1.54, 1.807) is 40.2 Å². The Morgan fingerprint density at radius 1 is 1.13 bits per heavy atom. The van der Waals surface area contributed by atoms with E-state index in [2.05, 4.69) is 25.0 Å². The monoisotopic (exact) mass is 666 g/mol. The van der Waals surface area contributed by atoms with Crippen molar-refractivity contribution in [2.45, 2.75) is 70.5 Å². The third kappa shape index (κ3) is 7.87. The molecule has 2 N–H and O–H groups in total. The molecule has 12 nitrogen and oxygen atoms in total. The fourth-order valence-electron chi connectivity index (χ4n) is 6.55. The van der Waals surface area contributed by atoms with E-state index in [4.69, 9.17) is 0 Å². The van der Waals surface area contributed by atoms with Crippen LogP contribution in [0.1, 0.15) is 67.8 Å². The number of aromatic nitrogens is 3. The number of carbonyl (C=O) groups excluding carboxylic acids is 4. The number of likely N-dealkylation sites (N-methyl/N-ethyl adjacent to an activating group) is 1. The summed E-state index contributed by atoms with van der Waals surface area (Å²) in [5.74, 6) is -2.01. The molecule has 14 heteroatoms. The van der Waals surface area contributed by atoms with Gasteiger partial charge in [0.05, 0.1) is 23.6 Å². The van der Waals surface area contributed by atoms with Gasteiger partial charge in [0.2, 0.25) is 18.2 Å². The largest absolute Gasteiger partial charge is 0.340 e. The highest BCUT2D eigenvalue weighted by Crippen LogP contribution is 2.33. The number of amides is 4. The van der Waals surface area contributed by atoms with Crippen LogP contribution in [0.15, 0.2) is 42.0 Å². The number of hydrogen-bond donors (Lipinski definition) is 2. The number of nitrogens with one attached hydrogen (secondary N) is 2. The molecule has 252 valence electrons. The van der Waals surface area contributed by atoms with Crippen molar-refractivity contribution in [2.75, 3.05) is 43.4 Å². The van der Waals surface area contributed by atoms with Gasteiger partial charge < -0.3 is 20.4 Å². The predicted octanol–water partition coefficient (Wildman–Crippen LogP) is 3.73. The number of benzene rings is 1. The highest BCUT2D eigenvalue weighted by Gasteiger charge is 2.37. The van der Waals surface area contributed by atoms with Crippen LogP contribution in [-0.2, 0) is 20.9 Å². The Balaban J connectivity index is 1.38. The fourth-order valence-corrected chi connectivity index (χ4v) is 7.07. The Hall–Kier alpha value is -4.17. The Labute approximate surface area is 278 Å². The normalized spacial score (nSPS) is 17.8. The molecule has 5 rings (SSSR count). The minimum atomic E-state index is -0.953. The number of carbonyl (C=O) groups is 4. The molecular weight excluding hydrogens is 623 g/mol. The van der Waals surface area contributed by atoms with Crippen LogP contribution in [-0.4, -0.2) is 93.4 Å². The number of hydrogen-bond acceptors (Lipinski definition) is 8. The molecule has 1 aliphatic heterocycles. The van der Waals surface area contributed by atoms with Crippen molar-refractivity contribution in [3.8, 4) is 0 Å². The molecule has 0 radical (unpaired) electrons. The van der Waals surface area contributed by atoms with Crippen molar-refractivity contribution in [1.82, 2.24) is 29.3 Å². The second-order valence-corrected chi connectivity index (χ2v) is 13.0. The van der Waals surface area contributed by atoms with E-state index < -0.39 is 35.6 Å². The van der Waals surface area contributed by atoms with Gasteiger partial charge in [0.25, 0.3) is 5.91 Å². The molecule has 1 aliphatic carbocycles. The maximum atomic E-state index is 15.8. The number of aryl methyl sites for hydroxylation is 1. The highest BCUT2D eigenvalue weighted by molar-refractivity contribution is 7.03. The first kappa shape index (κ1) is 34.2. The maximum absolute atomic E-state index is 15.8. The number of anilines is 2. The van der Waals surface area contributed by atoms with Crippen molar-refractivity contribution in [3.63, 3.8) is 0 Å². The summed E-state index contributed by atoms with van der Waals surface area (Å²) in [4.78, 5) is 58.5. The van der Waals surface area contributed by atoms with E-state index in [0.29, 0.717) is 56.1 Å². The molecule has 4 amide bonds. The Morgan fingerprint density at radius 2 is 1.87 bits per heavy atom. The van der Waals surface area contributed by atoms with Crippen LogP contribution in [0.2, 0.25) is 0 Å². The van der Waals surface area contributed by atoms with E-state index >= 15 is 4.39 Å². The Morgan fingerprint density at radius 3 is 2.51 bits per heavy atom. The number of piperazine rings is 1. The first-order chi connectivity index (χ1) is 22.7. The molecule has 47 heavy (non-hydrogen) atoms. The molecule has 0 unspecified atom stereocenters. The van der Waals surface area contributed by atoms with Crippen molar-refractivity contribution in [3.05, 3.63) is 59.0 Å². The van der Waals surface area contributed by atoms with Crippen LogP contribution in [0.5, 0.6) is 0 Å². The summed E-state index contributed by atoms with van der Waals surface area (Å²) in [6.45, 7) is 6.66. The summed E-state index contributed by atoms with van der Waals surface area (Å²) in [5.41, 5.74) is 0.806. The van der Waals surface area contributed by atoms with E-state index in [0.717, 1.165) is 43.6 Å². The molecule has 2 aromatic heterocycles. The van der Waals surface area contributed by atoms with E-state index in [9.17, 15) is 19.2 Å². The standard InChI is InChI=1S/C33H43FN8O4S/c1-4-42-28(12-13-35-42)41(21-43)30(23-8-6-5-7-9-23)32(45)37-27-11-10-24(18-26(27)34)22(2)29(38-31(44)25-19-36-47-20-25)33(46)40-16-14-39(3)15-17-40/h10-13,18-23,29-30H,4-9,14-17H2,1-3H3,(H,37,45)(H,38,44)/t22-,29+,30-/m0/s1. The van der Waals surface area contributed by atoms with Gasteiger partial charge in [-0.05, 0) is 62.0 Å². The van der Waals surface area contributed by atoms with E-state index in [-0.39, 0.29) is 17.5 Å². The molecule has 3 atom stereocenters. The summed E-state index contributed by atoms with van der Waals surface area (Å²) in [7, 11) is 1.99. The van der Waals surface area contributed by atoms with E-state index in [1.165, 1.54) is 23.2 Å². The Kier molecular flexibility index (Phi) is 11.4.